The molecule has 1 unspecified atom stereocenters. The first-order valence-electron chi connectivity index (χ1n) is 7.77. The van der Waals surface area contributed by atoms with Gasteiger partial charge in [0.1, 0.15) is 6.04 Å². The molecule has 2 N–H and O–H groups in total. The molecule has 3 amide bonds. The van der Waals surface area contributed by atoms with Crippen LogP contribution in [0.4, 0.5) is 16.2 Å². The number of benzene rings is 2. The van der Waals surface area contributed by atoms with E-state index in [1.807, 2.05) is 36.4 Å². The summed E-state index contributed by atoms with van der Waals surface area (Å²) in [6, 6.07) is 14.1. The standard InChI is InChI=1S/C18H18BrN3O2/c1-12(20-18(24)21-15-7-4-6-14(19)11-15)17(23)22-10-9-13-5-2-3-8-16(13)22/h2-8,11-12H,9-10H2,1H3,(H2,20,21,24). The highest BCUT2D eigenvalue weighted by Crippen LogP contribution is 2.27. The van der Waals surface area contributed by atoms with Crippen LogP contribution in [-0.2, 0) is 11.2 Å². The summed E-state index contributed by atoms with van der Waals surface area (Å²) in [5.74, 6) is -0.107. The molecule has 3 rings (SSSR count). The molecule has 124 valence electrons. The summed E-state index contributed by atoms with van der Waals surface area (Å²) < 4.78 is 0.873. The van der Waals surface area contributed by atoms with E-state index in [0.29, 0.717) is 12.2 Å². The molecule has 1 atom stereocenters. The van der Waals surface area contributed by atoms with Crippen LogP contribution in [0.2, 0.25) is 0 Å². The van der Waals surface area contributed by atoms with Gasteiger partial charge in [0, 0.05) is 22.4 Å². The average Bonchev–Trinajstić information content (AvgIpc) is 2.98. The lowest BCUT2D eigenvalue weighted by molar-refractivity contribution is -0.119. The monoisotopic (exact) mass is 387 g/mol. The minimum absolute atomic E-state index is 0.107. The Morgan fingerprint density at radius 1 is 1.17 bits per heavy atom. The Bertz CT molecular complexity index is 778. The second-order valence-corrected chi connectivity index (χ2v) is 6.61. The molecule has 0 bridgehead atoms. The Morgan fingerprint density at radius 2 is 1.96 bits per heavy atom. The zero-order chi connectivity index (χ0) is 17.1. The number of nitrogens with zero attached hydrogens (tertiary/aromatic N) is 1. The molecule has 0 radical (unpaired) electrons. The van der Waals surface area contributed by atoms with Crippen molar-refractivity contribution in [2.75, 3.05) is 16.8 Å². The fraction of sp³-hybridized carbons (Fsp3) is 0.222. The van der Waals surface area contributed by atoms with Gasteiger partial charge < -0.3 is 15.5 Å². The number of nitrogens with one attached hydrogen (secondary N) is 2. The second-order valence-electron chi connectivity index (χ2n) is 5.70. The smallest absolute Gasteiger partial charge is 0.319 e. The summed E-state index contributed by atoms with van der Waals surface area (Å²) in [6.45, 7) is 2.35. The fourth-order valence-electron chi connectivity index (χ4n) is 2.79. The maximum Gasteiger partial charge on any atom is 0.319 e. The molecule has 6 heteroatoms. The van der Waals surface area contributed by atoms with Gasteiger partial charge in [-0.05, 0) is 43.2 Å². The van der Waals surface area contributed by atoms with E-state index in [1.54, 1.807) is 24.0 Å². The van der Waals surface area contributed by atoms with E-state index in [2.05, 4.69) is 26.6 Å². The van der Waals surface area contributed by atoms with Crippen LogP contribution in [-0.4, -0.2) is 24.5 Å². The van der Waals surface area contributed by atoms with E-state index >= 15 is 0 Å². The van der Waals surface area contributed by atoms with Crippen molar-refractivity contribution < 1.29 is 9.59 Å². The highest BCUT2D eigenvalue weighted by atomic mass is 79.9. The van der Waals surface area contributed by atoms with Crippen LogP contribution >= 0.6 is 15.9 Å². The van der Waals surface area contributed by atoms with Crippen molar-refractivity contribution in [1.29, 1.82) is 0 Å². The van der Waals surface area contributed by atoms with Crippen molar-refractivity contribution in [3.8, 4) is 0 Å². The molecular weight excluding hydrogens is 370 g/mol. The van der Waals surface area contributed by atoms with Gasteiger partial charge in [0.05, 0.1) is 0 Å². The Kier molecular flexibility index (Phi) is 4.85. The largest absolute Gasteiger partial charge is 0.326 e. The normalized spacial score (nSPS) is 14.0. The van der Waals surface area contributed by atoms with Crippen molar-refractivity contribution in [3.05, 3.63) is 58.6 Å². The highest BCUT2D eigenvalue weighted by molar-refractivity contribution is 9.10. The van der Waals surface area contributed by atoms with E-state index in [0.717, 1.165) is 22.1 Å². The molecule has 5 nitrogen and oxygen atoms in total. The molecule has 0 aromatic heterocycles. The number of carbonyl (C=O) groups excluding carboxylic acids is 2. The quantitative estimate of drug-likeness (QED) is 0.845. The van der Waals surface area contributed by atoms with Gasteiger partial charge in [-0.3, -0.25) is 4.79 Å². The Morgan fingerprint density at radius 3 is 2.75 bits per heavy atom. The van der Waals surface area contributed by atoms with Crippen LogP contribution < -0.4 is 15.5 Å². The second kappa shape index (κ2) is 7.05. The minimum Gasteiger partial charge on any atom is -0.326 e. The predicted molar refractivity (Wildman–Crippen MR) is 98.3 cm³/mol. The Hall–Kier alpha value is -2.34. The number of fused-ring (bicyclic) bond motifs is 1. The number of hydrogen-bond donors (Lipinski definition) is 2. The molecule has 0 fully saturated rings. The van der Waals surface area contributed by atoms with Crippen molar-refractivity contribution in [2.45, 2.75) is 19.4 Å². The molecule has 24 heavy (non-hydrogen) atoms. The van der Waals surface area contributed by atoms with Gasteiger partial charge in [-0.1, -0.05) is 40.2 Å². The molecule has 0 saturated heterocycles. The van der Waals surface area contributed by atoms with Gasteiger partial charge in [-0.2, -0.15) is 0 Å². The van der Waals surface area contributed by atoms with Gasteiger partial charge in [0.2, 0.25) is 5.91 Å². The van der Waals surface area contributed by atoms with Gasteiger partial charge in [0.25, 0.3) is 0 Å². The number of para-hydroxylation sites is 1. The van der Waals surface area contributed by atoms with E-state index in [1.165, 1.54) is 0 Å². The van der Waals surface area contributed by atoms with Gasteiger partial charge in [-0.25, -0.2) is 4.79 Å². The molecule has 1 heterocycles. The van der Waals surface area contributed by atoms with Gasteiger partial charge >= 0.3 is 6.03 Å². The molecule has 2 aromatic carbocycles. The maximum atomic E-state index is 12.6. The lowest BCUT2D eigenvalue weighted by Crippen LogP contribution is -2.47. The first-order valence-corrected chi connectivity index (χ1v) is 8.56. The van der Waals surface area contributed by atoms with Crippen LogP contribution in [0.1, 0.15) is 12.5 Å². The number of halogens is 1. The number of amides is 3. The SMILES string of the molecule is CC(NC(=O)Nc1cccc(Br)c1)C(=O)N1CCc2ccccc21. The summed E-state index contributed by atoms with van der Waals surface area (Å²) in [5.41, 5.74) is 2.76. The third kappa shape index (κ3) is 3.59. The number of hydrogen-bond acceptors (Lipinski definition) is 2. The molecule has 0 spiro atoms. The summed E-state index contributed by atoms with van der Waals surface area (Å²) >= 11 is 3.35. The van der Waals surface area contributed by atoms with Gasteiger partial charge in [0.15, 0.2) is 0 Å². The topological polar surface area (TPSA) is 61.4 Å². The van der Waals surface area contributed by atoms with Crippen LogP contribution in [0.25, 0.3) is 0 Å². The summed E-state index contributed by atoms with van der Waals surface area (Å²) in [6.07, 6.45) is 0.846. The van der Waals surface area contributed by atoms with Crippen molar-refractivity contribution >= 4 is 39.2 Å². The summed E-state index contributed by atoms with van der Waals surface area (Å²) in [4.78, 5) is 26.5. The molecule has 0 saturated carbocycles. The Labute approximate surface area is 149 Å². The predicted octanol–water partition coefficient (Wildman–Crippen LogP) is 3.55. The molecular formula is C18H18BrN3O2. The molecule has 0 aliphatic carbocycles. The minimum atomic E-state index is -0.608. The summed E-state index contributed by atoms with van der Waals surface area (Å²) in [7, 11) is 0. The number of urea groups is 1. The third-order valence-electron chi connectivity index (χ3n) is 3.95. The maximum absolute atomic E-state index is 12.6. The molecule has 1 aliphatic heterocycles. The zero-order valence-electron chi connectivity index (χ0n) is 13.3. The number of rotatable bonds is 3. The average molecular weight is 388 g/mol. The van der Waals surface area contributed by atoms with E-state index in [4.69, 9.17) is 0 Å². The number of anilines is 2. The van der Waals surface area contributed by atoms with Crippen molar-refractivity contribution in [3.63, 3.8) is 0 Å². The Balaban J connectivity index is 1.61. The van der Waals surface area contributed by atoms with Crippen LogP contribution in [0.5, 0.6) is 0 Å². The first-order chi connectivity index (χ1) is 11.5. The van der Waals surface area contributed by atoms with E-state index < -0.39 is 12.1 Å². The van der Waals surface area contributed by atoms with Crippen molar-refractivity contribution in [2.24, 2.45) is 0 Å². The molecule has 2 aromatic rings. The third-order valence-corrected chi connectivity index (χ3v) is 4.45. The zero-order valence-corrected chi connectivity index (χ0v) is 14.8. The van der Waals surface area contributed by atoms with E-state index in [-0.39, 0.29) is 5.91 Å². The van der Waals surface area contributed by atoms with E-state index in [9.17, 15) is 9.59 Å². The summed E-state index contributed by atoms with van der Waals surface area (Å²) in [5, 5.41) is 5.43. The van der Waals surface area contributed by atoms with Crippen LogP contribution in [0.3, 0.4) is 0 Å². The van der Waals surface area contributed by atoms with Crippen LogP contribution in [0, 0.1) is 0 Å². The highest BCUT2D eigenvalue weighted by Gasteiger charge is 2.28. The lowest BCUT2D eigenvalue weighted by atomic mass is 10.2. The molecule has 1 aliphatic rings. The fourth-order valence-corrected chi connectivity index (χ4v) is 3.19. The number of carbonyl (C=O) groups is 2. The lowest BCUT2D eigenvalue weighted by Gasteiger charge is -2.22. The van der Waals surface area contributed by atoms with Crippen LogP contribution in [0.15, 0.2) is 53.0 Å². The first kappa shape index (κ1) is 16.5. The van der Waals surface area contributed by atoms with Crippen molar-refractivity contribution in [1.82, 2.24) is 5.32 Å². The van der Waals surface area contributed by atoms with Gasteiger partial charge in [-0.15, -0.1) is 0 Å².